The Kier molecular flexibility index (Phi) is 38.8. The number of hydrogen-bond donors (Lipinski definition) is 0. The third-order valence-corrected chi connectivity index (χ3v) is 17.7. The van der Waals surface area contributed by atoms with Crippen molar-refractivity contribution in [2.24, 2.45) is 0 Å². The first-order valence-electron chi connectivity index (χ1n) is 37.2. The Morgan fingerprint density at radius 3 is 1.24 bits per heavy atom. The van der Waals surface area contributed by atoms with Crippen molar-refractivity contribution in [1.29, 1.82) is 5.26 Å². The molecule has 27 heteroatoms. The van der Waals surface area contributed by atoms with Crippen molar-refractivity contribution in [3.05, 3.63) is 458 Å². The molecule has 0 spiro atoms. The van der Waals surface area contributed by atoms with Crippen molar-refractivity contribution in [3.8, 4) is 39.8 Å². The largest absolute Gasteiger partial charge is 3.00 e. The summed E-state index contributed by atoms with van der Waals surface area (Å²) in [5.74, 6) is -4.36. The second-order valence-corrected chi connectivity index (χ2v) is 26.2. The topological polar surface area (TPSA) is 121 Å². The molecule has 0 fully saturated rings. The van der Waals surface area contributed by atoms with E-state index >= 15 is 0 Å². The molecule has 0 amide bonds. The van der Waals surface area contributed by atoms with Crippen molar-refractivity contribution in [3.63, 3.8) is 0 Å². The molecule has 636 valence electrons. The van der Waals surface area contributed by atoms with Gasteiger partial charge in [-0.25, -0.2) is 14.0 Å². The summed E-state index contributed by atoms with van der Waals surface area (Å²) in [5.41, 5.74) is 12.8. The van der Waals surface area contributed by atoms with Gasteiger partial charge in [0.2, 0.25) is 0 Å². The molecule has 0 aliphatic carbocycles. The molecule has 0 atom stereocenters. The van der Waals surface area contributed by atoms with Crippen LogP contribution in [-0.4, -0.2) is 62.8 Å². The summed E-state index contributed by atoms with van der Waals surface area (Å²) < 4.78 is 83.1. The molecule has 125 heavy (non-hydrogen) atoms. The van der Waals surface area contributed by atoms with Gasteiger partial charge < -0.3 is 68.4 Å². The Morgan fingerprint density at radius 2 is 0.792 bits per heavy atom. The van der Waals surface area contributed by atoms with Crippen LogP contribution in [-0.2, 0) is 101 Å². The normalized spacial score (nSPS) is 12.6. The smallest absolute Gasteiger partial charge is 0.516 e. The van der Waals surface area contributed by atoms with Crippen LogP contribution >= 0.6 is 0 Å². The third kappa shape index (κ3) is 27.4. The molecule has 15 aromatic rings. The SMILES string of the molecule is CN1C=CN(c2[c-]cc(C#N)cc2)[CH-]1.CN1C=CN(c2[c-]cccc2)[CH-]1.CN1C=CN(c2[c-]cccc2)[CH-]1.CN1[CH-]N(c2[c-]cc3oc4ccccc4c3c2)c2ccccc21.Fc1c[c-]c(-c2ccccn2)c(F)c1.Fc1c[c-]c(-c2ccccn2)c(F)c1.Fc1c[c-]c(-c2ccccn2)c(F)n1.[Ir+3].[Ir+3].[Ir+3].[Ir].[Ir].[c-]1ccccc1N1C=CN(c2ccccc2)[CH-]1. The maximum Gasteiger partial charge on any atom is 3.00 e. The van der Waals surface area contributed by atoms with E-state index in [9.17, 15) is 26.3 Å². The first kappa shape index (κ1) is 98.3. The Hall–Kier alpha value is -12.1. The van der Waals surface area contributed by atoms with Crippen LogP contribution < -0.4 is 34.3 Å². The van der Waals surface area contributed by atoms with Gasteiger partial charge in [0.05, 0.1) is 0 Å². The van der Waals surface area contributed by atoms with Crippen molar-refractivity contribution in [2.45, 2.75) is 0 Å². The van der Waals surface area contributed by atoms with Crippen molar-refractivity contribution in [1.82, 2.24) is 34.6 Å². The molecular weight excluding hydrogens is 2480 g/mol. The molecule has 10 aromatic carbocycles. The molecule has 5 aliphatic heterocycles. The number of halogens is 6. The third-order valence-electron chi connectivity index (χ3n) is 17.7. The summed E-state index contributed by atoms with van der Waals surface area (Å²) in [6.07, 6.45) is 20.6. The summed E-state index contributed by atoms with van der Waals surface area (Å²) in [7, 11) is 8.02. The molecule has 0 saturated carbocycles. The van der Waals surface area contributed by atoms with Crippen LogP contribution in [0, 0.1) is 128 Å². The van der Waals surface area contributed by atoms with E-state index < -0.39 is 35.2 Å². The van der Waals surface area contributed by atoms with Gasteiger partial charge in [0.25, 0.3) is 0 Å². The number of rotatable bonds is 9. The molecule has 5 aromatic heterocycles. The van der Waals surface area contributed by atoms with Crippen LogP contribution in [0.15, 0.2) is 340 Å². The predicted molar refractivity (Wildman–Crippen MR) is 459 cm³/mol. The predicted octanol–water partition coefficient (Wildman–Crippen LogP) is 21.7. The van der Waals surface area contributed by atoms with Crippen molar-refractivity contribution in [2.75, 3.05) is 62.5 Å². The first-order valence-corrected chi connectivity index (χ1v) is 37.2. The van der Waals surface area contributed by atoms with Crippen LogP contribution in [0.25, 0.3) is 55.7 Å². The number of aromatic nitrogens is 4. The van der Waals surface area contributed by atoms with Crippen molar-refractivity contribution >= 4 is 67.4 Å². The number of pyridine rings is 4. The monoisotopic (exact) mass is 2550 g/mol. The zero-order valence-electron chi connectivity index (χ0n) is 66.7. The molecular formula is C98H72F6Ir5N15O-4. The van der Waals surface area contributed by atoms with Crippen LogP contribution in [0.1, 0.15) is 5.56 Å². The first-order chi connectivity index (χ1) is 58.6. The average Bonchev–Trinajstić information content (AvgIpc) is 1.61. The minimum atomic E-state index is -0.899. The van der Waals surface area contributed by atoms with Gasteiger partial charge in [-0.2, -0.15) is 142 Å². The van der Waals surface area contributed by atoms with Gasteiger partial charge in [0, 0.05) is 116 Å². The number of furan rings is 1. The van der Waals surface area contributed by atoms with Gasteiger partial charge in [-0.3, -0.25) is 22.5 Å². The van der Waals surface area contributed by atoms with Gasteiger partial charge in [-0.1, -0.05) is 131 Å². The van der Waals surface area contributed by atoms with Gasteiger partial charge in [-0.05, 0) is 143 Å². The summed E-state index contributed by atoms with van der Waals surface area (Å²) in [4.78, 5) is 35.2. The maximum absolute atomic E-state index is 13.2. The summed E-state index contributed by atoms with van der Waals surface area (Å²) in [6.45, 7) is 10.1. The molecule has 16 nitrogen and oxygen atoms in total. The van der Waals surface area contributed by atoms with E-state index in [4.69, 9.17) is 9.68 Å². The Labute approximate surface area is 791 Å². The quantitative estimate of drug-likeness (QED) is 0.0773. The number of para-hydroxylation sites is 7. The van der Waals surface area contributed by atoms with E-state index in [1.165, 1.54) is 17.6 Å². The maximum atomic E-state index is 13.2. The minimum absolute atomic E-state index is 0. The fourth-order valence-electron chi connectivity index (χ4n) is 11.9. The fraction of sp³-hybridized carbons (Fsp3) is 0.0408. The molecule has 10 heterocycles. The minimum Gasteiger partial charge on any atom is -0.516 e. The van der Waals surface area contributed by atoms with Crippen LogP contribution in [0.3, 0.4) is 0 Å². The number of fused-ring (bicyclic) bond motifs is 4. The number of nitrogens with zero attached hydrogens (tertiary/aromatic N) is 15. The van der Waals surface area contributed by atoms with Crippen LogP contribution in [0.5, 0.6) is 0 Å². The summed E-state index contributed by atoms with van der Waals surface area (Å²) >= 11 is 0. The summed E-state index contributed by atoms with van der Waals surface area (Å²) in [5, 5.41) is 10.9. The van der Waals surface area contributed by atoms with E-state index in [-0.39, 0.29) is 117 Å². The van der Waals surface area contributed by atoms with E-state index in [2.05, 4.69) is 151 Å². The Bertz CT molecular complexity index is 5670. The zero-order valence-corrected chi connectivity index (χ0v) is 78.7. The second-order valence-electron chi connectivity index (χ2n) is 26.2. The van der Waals surface area contributed by atoms with Crippen LogP contribution in [0.2, 0.25) is 0 Å². The molecule has 2 radical (unpaired) electrons. The van der Waals surface area contributed by atoms with E-state index in [0.29, 0.717) is 22.6 Å². The molecule has 0 saturated heterocycles. The number of benzene rings is 10. The number of nitriles is 1. The van der Waals surface area contributed by atoms with Gasteiger partial charge in [0.1, 0.15) is 17.5 Å². The fourth-order valence-corrected chi connectivity index (χ4v) is 11.9. The Balaban J connectivity index is 0.000000178. The van der Waals surface area contributed by atoms with Gasteiger partial charge in [-0.15, -0.1) is 83.6 Å². The average molecular weight is 2550 g/mol. The number of hydrogen-bond acceptors (Lipinski definition) is 16. The van der Waals surface area contributed by atoms with E-state index in [0.717, 1.165) is 86.4 Å². The standard InChI is InChI=1S/C20H14N2O.C15H12N2.2C11H6F2N.C11H9N3.C10H5F2N2.2C10H10N2.5Ir/c1-21-13-22(18-8-4-3-7-17(18)21)14-10-11-20-16(12-14)15-6-2-5-9-19(15)23-20;1-3-7-14(8-4-1)16-11-12-17(13-16)15-9-5-2-6-10-15;2*12-8-4-5-9(10(13)7-8)11-3-1-2-6-14-11;1-13-6-7-14(9-13)11-4-2-10(8-12)3-5-11;11-9-5-4-7(10(12)14-9)8-3-1-2-6-13-8;2*1-11-7-8-12(9-11)10-5-3-2-4-6-10;;;;;/h2-9,11-13H,1H3;1-9,11-13H;2*1-4,6-7H;2-4,6-7,9H,1H3;1-3,5-6H;2*2-5,7-9H,1H3;;;;;/q2*-2;2*-1;-2;-1;2*-2;;;3*+3. The molecule has 0 bridgehead atoms. The second kappa shape index (κ2) is 49.4. The van der Waals surface area contributed by atoms with E-state index in [1.54, 1.807) is 79.1 Å². The molecule has 5 aliphatic rings. The molecule has 0 N–H and O–H groups in total. The molecule has 20 rings (SSSR count). The van der Waals surface area contributed by atoms with Crippen molar-refractivity contribution < 1.29 is 131 Å². The Morgan fingerprint density at radius 1 is 0.360 bits per heavy atom. The van der Waals surface area contributed by atoms with Crippen LogP contribution in [0.4, 0.5) is 71.8 Å². The summed E-state index contributed by atoms with van der Waals surface area (Å²) in [6, 6.07) is 105. The van der Waals surface area contributed by atoms with Gasteiger partial charge in [0.15, 0.2) is 0 Å². The molecule has 0 unspecified atom stereocenters. The number of anilines is 8. The zero-order chi connectivity index (χ0) is 83.5. The van der Waals surface area contributed by atoms with E-state index in [1.807, 2.05) is 253 Å². The van der Waals surface area contributed by atoms with Gasteiger partial charge >= 0.3 is 60.3 Å².